The third kappa shape index (κ3) is 4.48. The van der Waals surface area contributed by atoms with E-state index in [4.69, 9.17) is 19.3 Å². The monoisotopic (exact) mass is 383 g/mol. The molecule has 10 atom stereocenters. The number of hydrogen-bond acceptors (Lipinski definition) is 11. The minimum atomic E-state index is -1.64. The first-order chi connectivity index (χ1) is 12.2. The number of aliphatic hydroxyl groups excluding tert-OH is 7. The summed E-state index contributed by atoms with van der Waals surface area (Å²) in [5.41, 5.74) is 0. The third-order valence-corrected chi connectivity index (χ3v) is 4.36. The van der Waals surface area contributed by atoms with Gasteiger partial charge >= 0.3 is 0 Å². The van der Waals surface area contributed by atoms with Crippen LogP contribution in [0.4, 0.5) is 0 Å². The number of aliphatic hydroxyl groups is 7. The molecule has 152 valence electrons. The van der Waals surface area contributed by atoms with Crippen molar-refractivity contribution in [2.45, 2.75) is 68.3 Å². The summed E-state index contributed by atoms with van der Waals surface area (Å²) in [6.07, 6.45) is -13.4. The highest BCUT2D eigenvalue weighted by Gasteiger charge is 2.47. The molecule has 8 N–H and O–H groups in total. The molecule has 2 rings (SSSR count). The summed E-state index contributed by atoms with van der Waals surface area (Å²) >= 11 is 0. The second kappa shape index (κ2) is 8.84. The molecule has 2 fully saturated rings. The maximum Gasteiger partial charge on any atom is 0.217 e. The molecular formula is C14H25NO11. The van der Waals surface area contributed by atoms with Crippen molar-refractivity contribution >= 4 is 5.91 Å². The highest BCUT2D eigenvalue weighted by Crippen LogP contribution is 2.24. The molecule has 12 nitrogen and oxygen atoms in total. The Hall–Kier alpha value is -0.930. The lowest BCUT2D eigenvalue weighted by Crippen LogP contribution is -2.64. The minimum absolute atomic E-state index is 0.467. The van der Waals surface area contributed by atoms with Crippen molar-refractivity contribution in [2.24, 2.45) is 0 Å². The molecule has 0 aliphatic carbocycles. The van der Waals surface area contributed by atoms with Crippen LogP contribution in [0.3, 0.4) is 0 Å². The maximum atomic E-state index is 11.1. The molecule has 0 radical (unpaired) electrons. The van der Waals surface area contributed by atoms with Crippen molar-refractivity contribution in [3.63, 3.8) is 0 Å². The molecule has 0 aromatic rings. The maximum absolute atomic E-state index is 11.1. The predicted octanol–water partition coefficient (Wildman–Crippen LogP) is -5.25. The normalized spacial score (nSPS) is 46.8. The lowest BCUT2D eigenvalue weighted by atomic mass is 9.97. The molecular weight excluding hydrogens is 358 g/mol. The van der Waals surface area contributed by atoms with Gasteiger partial charge in [-0.25, -0.2) is 0 Å². The first-order valence-electron chi connectivity index (χ1n) is 8.06. The first-order valence-corrected chi connectivity index (χ1v) is 8.06. The van der Waals surface area contributed by atoms with Gasteiger partial charge < -0.3 is 55.3 Å². The van der Waals surface area contributed by atoms with Crippen LogP contribution in [0.2, 0.25) is 0 Å². The van der Waals surface area contributed by atoms with Crippen molar-refractivity contribution in [1.82, 2.24) is 5.32 Å². The number of ether oxygens (including phenoxy) is 3. The van der Waals surface area contributed by atoms with Crippen LogP contribution in [-0.4, -0.2) is 116 Å². The molecule has 0 aromatic heterocycles. The van der Waals surface area contributed by atoms with Gasteiger partial charge in [-0.15, -0.1) is 0 Å². The van der Waals surface area contributed by atoms with E-state index in [2.05, 4.69) is 5.32 Å². The van der Waals surface area contributed by atoms with Crippen LogP contribution in [0.15, 0.2) is 0 Å². The van der Waals surface area contributed by atoms with Gasteiger partial charge in [-0.1, -0.05) is 0 Å². The van der Waals surface area contributed by atoms with E-state index in [9.17, 15) is 35.4 Å². The standard InChI is InChI=1S/C14H25NO11/c1-4(17)15-7-10(20)9(19)6(25-13(7)23)3-24-14-12(22)11(21)8(18)5(2-16)26-14/h5-14,16,18-23H,2-3H2,1H3,(H,15,17)/t5-,6-,7-,8-,9-,10-,11+,12+,13-,14+/m1/s1. The van der Waals surface area contributed by atoms with Gasteiger partial charge in [0.05, 0.1) is 13.2 Å². The van der Waals surface area contributed by atoms with Crippen molar-refractivity contribution < 1.29 is 54.8 Å². The summed E-state index contributed by atoms with van der Waals surface area (Å²) in [4.78, 5) is 11.1. The average Bonchev–Trinajstić information content (AvgIpc) is 2.59. The lowest BCUT2D eigenvalue weighted by molar-refractivity contribution is -0.318. The molecule has 2 aliphatic rings. The van der Waals surface area contributed by atoms with Crippen LogP contribution in [0, 0.1) is 0 Å². The molecule has 2 aliphatic heterocycles. The van der Waals surface area contributed by atoms with Crippen molar-refractivity contribution in [1.29, 1.82) is 0 Å². The Balaban J connectivity index is 1.95. The minimum Gasteiger partial charge on any atom is -0.394 e. The van der Waals surface area contributed by atoms with Gasteiger partial charge in [0, 0.05) is 6.92 Å². The highest BCUT2D eigenvalue weighted by molar-refractivity contribution is 5.73. The smallest absolute Gasteiger partial charge is 0.217 e. The summed E-state index contributed by atoms with van der Waals surface area (Å²) in [5.74, 6) is -0.542. The Bertz CT molecular complexity index is 478. The number of carbonyl (C=O) groups excluding carboxylic acids is 1. The van der Waals surface area contributed by atoms with E-state index in [1.165, 1.54) is 6.92 Å². The fourth-order valence-corrected chi connectivity index (χ4v) is 2.87. The van der Waals surface area contributed by atoms with Crippen LogP contribution in [0.1, 0.15) is 6.92 Å². The van der Waals surface area contributed by atoms with Crippen LogP contribution in [-0.2, 0) is 19.0 Å². The Morgan fingerprint density at radius 3 is 2.12 bits per heavy atom. The van der Waals surface area contributed by atoms with E-state index in [0.717, 1.165) is 0 Å². The second-order valence-corrected chi connectivity index (χ2v) is 6.30. The van der Waals surface area contributed by atoms with Crippen LogP contribution in [0.25, 0.3) is 0 Å². The zero-order chi connectivity index (χ0) is 19.6. The third-order valence-electron chi connectivity index (χ3n) is 4.36. The average molecular weight is 383 g/mol. The summed E-state index contributed by atoms with van der Waals surface area (Å²) < 4.78 is 15.5. The Kier molecular flexibility index (Phi) is 7.27. The van der Waals surface area contributed by atoms with Crippen LogP contribution in [0.5, 0.6) is 0 Å². The number of carbonyl (C=O) groups is 1. The SMILES string of the molecule is CC(=O)N[C@@H]1[C@@H](O)[C@H](O)[C@@H](CO[C@H]2O[C@H](CO)[C@@H](O)[C@H](O)[C@@H]2O)O[C@H]1O. The number of hydrogen-bond donors (Lipinski definition) is 8. The van der Waals surface area contributed by atoms with Gasteiger partial charge in [0.2, 0.25) is 5.91 Å². The summed E-state index contributed by atoms with van der Waals surface area (Å²) in [6, 6.07) is -1.24. The highest BCUT2D eigenvalue weighted by atomic mass is 16.7. The van der Waals surface area contributed by atoms with Gasteiger partial charge in [0.1, 0.15) is 48.8 Å². The predicted molar refractivity (Wildman–Crippen MR) is 80.2 cm³/mol. The summed E-state index contributed by atoms with van der Waals surface area (Å²) in [6.45, 7) is 0.0636. The zero-order valence-corrected chi connectivity index (χ0v) is 14.0. The molecule has 0 bridgehead atoms. The quantitative estimate of drug-likeness (QED) is 0.226. The Labute approximate surface area is 148 Å². The van der Waals surface area contributed by atoms with Gasteiger partial charge in [0.15, 0.2) is 12.6 Å². The molecule has 2 saturated heterocycles. The van der Waals surface area contributed by atoms with Crippen molar-refractivity contribution in [2.75, 3.05) is 13.2 Å². The topological polar surface area (TPSA) is 198 Å². The zero-order valence-electron chi connectivity index (χ0n) is 14.0. The molecule has 0 aromatic carbocycles. The van der Waals surface area contributed by atoms with Crippen LogP contribution >= 0.6 is 0 Å². The van der Waals surface area contributed by atoms with E-state index in [1.807, 2.05) is 0 Å². The number of rotatable bonds is 5. The number of nitrogens with one attached hydrogen (secondary N) is 1. The second-order valence-electron chi connectivity index (χ2n) is 6.30. The molecule has 0 saturated carbocycles. The molecule has 0 unspecified atom stereocenters. The fourth-order valence-electron chi connectivity index (χ4n) is 2.87. The van der Waals surface area contributed by atoms with Crippen LogP contribution < -0.4 is 5.32 Å². The first kappa shape index (κ1) is 21.4. The summed E-state index contributed by atoms with van der Waals surface area (Å²) in [5, 5.41) is 70.6. The van der Waals surface area contributed by atoms with Gasteiger partial charge in [0.25, 0.3) is 0 Å². The summed E-state index contributed by atoms with van der Waals surface area (Å²) in [7, 11) is 0. The Morgan fingerprint density at radius 1 is 0.923 bits per heavy atom. The van der Waals surface area contributed by atoms with Gasteiger partial charge in [-0.05, 0) is 0 Å². The molecule has 2 heterocycles. The molecule has 26 heavy (non-hydrogen) atoms. The van der Waals surface area contributed by atoms with E-state index in [1.54, 1.807) is 0 Å². The lowest BCUT2D eigenvalue weighted by Gasteiger charge is -2.42. The molecule has 12 heteroatoms. The largest absolute Gasteiger partial charge is 0.394 e. The Morgan fingerprint density at radius 2 is 1.54 bits per heavy atom. The van der Waals surface area contributed by atoms with Crippen molar-refractivity contribution in [3.05, 3.63) is 0 Å². The van der Waals surface area contributed by atoms with E-state index in [-0.39, 0.29) is 0 Å². The van der Waals surface area contributed by atoms with E-state index in [0.29, 0.717) is 0 Å². The molecule has 1 amide bonds. The van der Waals surface area contributed by atoms with Gasteiger partial charge in [-0.3, -0.25) is 4.79 Å². The van der Waals surface area contributed by atoms with Crippen molar-refractivity contribution in [3.8, 4) is 0 Å². The van der Waals surface area contributed by atoms with Gasteiger partial charge in [-0.2, -0.15) is 0 Å². The van der Waals surface area contributed by atoms with E-state index >= 15 is 0 Å². The molecule has 0 spiro atoms. The van der Waals surface area contributed by atoms with E-state index < -0.39 is 80.5 Å². The fraction of sp³-hybridized carbons (Fsp3) is 0.929. The number of amides is 1.